The van der Waals surface area contributed by atoms with Crippen LogP contribution in [0.4, 0.5) is 0 Å². The van der Waals surface area contributed by atoms with E-state index in [0.29, 0.717) is 15.9 Å². The Hall–Kier alpha value is -2.58. The zero-order valence-corrected chi connectivity index (χ0v) is 15.4. The monoisotopic (exact) mass is 389 g/mol. The molecular formula is C17H16ClN5O2S. The van der Waals surface area contributed by atoms with Gasteiger partial charge in [-0.05, 0) is 59.3 Å². The maximum atomic E-state index is 12.2. The summed E-state index contributed by atoms with van der Waals surface area (Å²) in [6.45, 7) is 1.91. The second-order valence-electron chi connectivity index (χ2n) is 5.52. The molecule has 3 rings (SSSR count). The second-order valence-corrected chi connectivity index (χ2v) is 6.90. The van der Waals surface area contributed by atoms with Crippen LogP contribution in [0.2, 0.25) is 5.02 Å². The van der Waals surface area contributed by atoms with Gasteiger partial charge < -0.3 is 10.4 Å². The van der Waals surface area contributed by atoms with E-state index in [0.717, 1.165) is 5.56 Å². The van der Waals surface area contributed by atoms with Gasteiger partial charge in [-0.1, -0.05) is 35.5 Å². The molecule has 3 aromatic rings. The number of hydrogen-bond donors (Lipinski definition) is 2. The van der Waals surface area contributed by atoms with Crippen molar-refractivity contribution in [2.24, 2.45) is 0 Å². The van der Waals surface area contributed by atoms with Crippen LogP contribution in [0.3, 0.4) is 0 Å². The van der Waals surface area contributed by atoms with Crippen LogP contribution in [-0.2, 0) is 4.79 Å². The van der Waals surface area contributed by atoms with Crippen molar-refractivity contribution in [2.45, 2.75) is 18.1 Å². The maximum absolute atomic E-state index is 12.2. The Labute approximate surface area is 159 Å². The minimum absolute atomic E-state index is 0.127. The van der Waals surface area contributed by atoms with Crippen LogP contribution in [0.15, 0.2) is 53.7 Å². The summed E-state index contributed by atoms with van der Waals surface area (Å²) in [6.07, 6.45) is 0. The Morgan fingerprint density at radius 2 is 1.92 bits per heavy atom. The third-order valence-electron chi connectivity index (χ3n) is 3.62. The second kappa shape index (κ2) is 8.20. The number of benzene rings is 2. The van der Waals surface area contributed by atoms with Crippen LogP contribution in [0.25, 0.3) is 5.69 Å². The van der Waals surface area contributed by atoms with E-state index >= 15 is 0 Å². The standard InChI is InChI=1S/C17H16ClN5O2S/c1-11(12-2-4-13(18)5-3-12)19-16(25)10-26-17-20-21-22-23(17)14-6-8-15(24)9-7-14/h2-9,11,24H,10H2,1H3,(H,19,25)/t11-/m0/s1. The predicted octanol–water partition coefficient (Wildman–Crippen LogP) is 2.99. The zero-order valence-electron chi connectivity index (χ0n) is 13.8. The molecule has 2 N–H and O–H groups in total. The molecule has 0 spiro atoms. The van der Waals surface area contributed by atoms with Crippen LogP contribution in [0, 0.1) is 0 Å². The van der Waals surface area contributed by atoms with Gasteiger partial charge in [0.2, 0.25) is 11.1 Å². The summed E-state index contributed by atoms with van der Waals surface area (Å²) in [6, 6.07) is 13.7. The molecule has 0 radical (unpaired) electrons. The van der Waals surface area contributed by atoms with Gasteiger partial charge in [0.05, 0.1) is 17.5 Å². The number of amides is 1. The summed E-state index contributed by atoms with van der Waals surface area (Å²) in [4.78, 5) is 12.2. The number of thioether (sulfide) groups is 1. The zero-order chi connectivity index (χ0) is 18.5. The van der Waals surface area contributed by atoms with Crippen LogP contribution in [0.1, 0.15) is 18.5 Å². The summed E-state index contributed by atoms with van der Waals surface area (Å²) >= 11 is 7.11. The first-order chi connectivity index (χ1) is 12.5. The molecule has 0 bridgehead atoms. The Bertz CT molecular complexity index is 883. The Morgan fingerprint density at radius 1 is 1.23 bits per heavy atom. The van der Waals surface area contributed by atoms with Crippen molar-refractivity contribution >= 4 is 29.3 Å². The highest BCUT2D eigenvalue weighted by Crippen LogP contribution is 2.20. The highest BCUT2D eigenvalue weighted by atomic mass is 35.5. The van der Waals surface area contributed by atoms with Gasteiger partial charge in [0.25, 0.3) is 0 Å². The van der Waals surface area contributed by atoms with E-state index in [2.05, 4.69) is 20.8 Å². The van der Waals surface area contributed by atoms with Crippen LogP contribution in [0.5, 0.6) is 5.75 Å². The van der Waals surface area contributed by atoms with Crippen LogP contribution >= 0.6 is 23.4 Å². The lowest BCUT2D eigenvalue weighted by Crippen LogP contribution is -2.28. The normalized spacial score (nSPS) is 11.9. The molecule has 0 unspecified atom stereocenters. The number of aromatic hydroxyl groups is 1. The van der Waals surface area contributed by atoms with E-state index in [1.807, 2.05) is 19.1 Å². The molecule has 0 saturated carbocycles. The molecule has 2 aromatic carbocycles. The molecule has 9 heteroatoms. The molecule has 1 heterocycles. The first kappa shape index (κ1) is 18.2. The van der Waals surface area contributed by atoms with E-state index in [9.17, 15) is 9.90 Å². The average molecular weight is 390 g/mol. The first-order valence-corrected chi connectivity index (χ1v) is 9.14. The molecule has 7 nitrogen and oxygen atoms in total. The molecule has 1 amide bonds. The van der Waals surface area contributed by atoms with Crippen molar-refractivity contribution in [3.8, 4) is 11.4 Å². The number of nitrogens with one attached hydrogen (secondary N) is 1. The van der Waals surface area contributed by atoms with Crippen molar-refractivity contribution in [1.29, 1.82) is 0 Å². The smallest absolute Gasteiger partial charge is 0.230 e. The fourth-order valence-corrected chi connectivity index (χ4v) is 3.10. The lowest BCUT2D eigenvalue weighted by atomic mass is 10.1. The van der Waals surface area contributed by atoms with Crippen molar-refractivity contribution in [3.63, 3.8) is 0 Å². The number of rotatable bonds is 6. The van der Waals surface area contributed by atoms with Gasteiger partial charge in [0.15, 0.2) is 0 Å². The predicted molar refractivity (Wildman–Crippen MR) is 99.6 cm³/mol. The molecule has 134 valence electrons. The number of tetrazole rings is 1. The van der Waals surface area contributed by atoms with Gasteiger partial charge in [-0.2, -0.15) is 4.68 Å². The van der Waals surface area contributed by atoms with E-state index in [1.165, 1.54) is 16.4 Å². The van der Waals surface area contributed by atoms with Gasteiger partial charge in [-0.25, -0.2) is 0 Å². The minimum Gasteiger partial charge on any atom is -0.508 e. The van der Waals surface area contributed by atoms with Crippen molar-refractivity contribution in [3.05, 3.63) is 59.1 Å². The van der Waals surface area contributed by atoms with E-state index in [1.54, 1.807) is 36.4 Å². The minimum atomic E-state index is -0.131. The molecule has 26 heavy (non-hydrogen) atoms. The van der Waals surface area contributed by atoms with Crippen molar-refractivity contribution < 1.29 is 9.90 Å². The van der Waals surface area contributed by atoms with Crippen LogP contribution in [-0.4, -0.2) is 37.0 Å². The number of aromatic nitrogens is 4. The summed E-state index contributed by atoms with van der Waals surface area (Å²) in [5.41, 5.74) is 1.67. The fourth-order valence-electron chi connectivity index (χ4n) is 2.27. The van der Waals surface area contributed by atoms with Crippen LogP contribution < -0.4 is 5.32 Å². The number of carbonyl (C=O) groups excluding carboxylic acids is 1. The first-order valence-electron chi connectivity index (χ1n) is 7.78. The maximum Gasteiger partial charge on any atom is 0.230 e. The molecule has 0 aliphatic rings. The fraction of sp³-hybridized carbons (Fsp3) is 0.176. The molecule has 0 aliphatic heterocycles. The number of nitrogens with zero attached hydrogens (tertiary/aromatic N) is 4. The highest BCUT2D eigenvalue weighted by molar-refractivity contribution is 7.99. The summed E-state index contributed by atoms with van der Waals surface area (Å²) in [7, 11) is 0. The number of phenolic OH excluding ortho intramolecular Hbond substituents is 1. The summed E-state index contributed by atoms with van der Waals surface area (Å²) in [5, 5.41) is 25.0. The number of halogens is 1. The molecule has 1 atom stereocenters. The SMILES string of the molecule is C[C@H](NC(=O)CSc1nnnn1-c1ccc(O)cc1)c1ccc(Cl)cc1. The van der Waals surface area contributed by atoms with Gasteiger partial charge in [0.1, 0.15) is 5.75 Å². The lowest BCUT2D eigenvalue weighted by molar-refractivity contribution is -0.119. The lowest BCUT2D eigenvalue weighted by Gasteiger charge is -2.14. The van der Waals surface area contributed by atoms with E-state index in [-0.39, 0.29) is 23.5 Å². The number of carbonyl (C=O) groups is 1. The van der Waals surface area contributed by atoms with Crippen molar-refractivity contribution in [2.75, 3.05) is 5.75 Å². The van der Waals surface area contributed by atoms with Gasteiger partial charge >= 0.3 is 0 Å². The molecule has 0 aliphatic carbocycles. The number of phenols is 1. The van der Waals surface area contributed by atoms with Gasteiger partial charge in [0, 0.05) is 5.02 Å². The average Bonchev–Trinajstić information content (AvgIpc) is 3.09. The summed E-state index contributed by atoms with van der Waals surface area (Å²) in [5.74, 6) is 0.209. The van der Waals surface area contributed by atoms with Gasteiger partial charge in [-0.3, -0.25) is 4.79 Å². The Morgan fingerprint density at radius 3 is 2.62 bits per heavy atom. The van der Waals surface area contributed by atoms with E-state index in [4.69, 9.17) is 11.6 Å². The molecule has 1 aromatic heterocycles. The molecular weight excluding hydrogens is 374 g/mol. The topological polar surface area (TPSA) is 92.9 Å². The molecule has 0 saturated heterocycles. The third-order valence-corrected chi connectivity index (χ3v) is 4.79. The molecule has 0 fully saturated rings. The summed E-state index contributed by atoms with van der Waals surface area (Å²) < 4.78 is 1.51. The quantitative estimate of drug-likeness (QED) is 0.629. The third kappa shape index (κ3) is 4.53. The van der Waals surface area contributed by atoms with Crippen molar-refractivity contribution in [1.82, 2.24) is 25.5 Å². The van der Waals surface area contributed by atoms with Gasteiger partial charge in [-0.15, -0.1) is 5.10 Å². The number of hydrogen-bond acceptors (Lipinski definition) is 6. The highest BCUT2D eigenvalue weighted by Gasteiger charge is 2.14. The van der Waals surface area contributed by atoms with E-state index < -0.39 is 0 Å². The largest absolute Gasteiger partial charge is 0.508 e. The Balaban J connectivity index is 1.59. The Kier molecular flexibility index (Phi) is 5.75.